The summed E-state index contributed by atoms with van der Waals surface area (Å²) in [5.74, 6) is 0. The fourth-order valence-corrected chi connectivity index (χ4v) is 3.23. The first-order valence-corrected chi connectivity index (χ1v) is 8.01. The zero-order valence-corrected chi connectivity index (χ0v) is 13.4. The van der Waals surface area contributed by atoms with Crippen molar-refractivity contribution in [2.24, 2.45) is 0 Å². The Morgan fingerprint density at radius 1 is 1.32 bits per heavy atom. The number of pyridine rings is 1. The van der Waals surface area contributed by atoms with Gasteiger partial charge in [-0.1, -0.05) is 15.9 Å². The lowest BCUT2D eigenvalue weighted by atomic mass is 9.93. The van der Waals surface area contributed by atoms with Crippen molar-refractivity contribution in [1.82, 2.24) is 4.98 Å². The van der Waals surface area contributed by atoms with Gasteiger partial charge in [0.2, 0.25) is 0 Å². The van der Waals surface area contributed by atoms with Crippen LogP contribution in [-0.4, -0.2) is 27.2 Å². The van der Waals surface area contributed by atoms with E-state index in [1.165, 1.54) is 6.20 Å². The van der Waals surface area contributed by atoms with Crippen molar-refractivity contribution in [2.75, 3.05) is 5.32 Å². The Morgan fingerprint density at radius 3 is 2.73 bits per heavy atom. The molecule has 0 saturated heterocycles. The van der Waals surface area contributed by atoms with Crippen LogP contribution < -0.4 is 5.32 Å². The highest BCUT2D eigenvalue weighted by Gasteiger charge is 2.24. The smallest absolute Gasteiger partial charge is 0.311 e. The number of fused-ring (bicyclic) bond motifs is 1. The van der Waals surface area contributed by atoms with E-state index in [1.54, 1.807) is 0 Å². The summed E-state index contributed by atoms with van der Waals surface area (Å²) in [4.78, 5) is 15.1. The molecule has 0 unspecified atom stereocenters. The van der Waals surface area contributed by atoms with E-state index in [-0.39, 0.29) is 17.8 Å². The van der Waals surface area contributed by atoms with Gasteiger partial charge in [0.15, 0.2) is 0 Å². The number of nitrogens with one attached hydrogen (secondary N) is 1. The molecule has 0 spiro atoms. The third kappa shape index (κ3) is 3.05. The lowest BCUT2D eigenvalue weighted by molar-refractivity contribution is -0.384. The zero-order valence-electron chi connectivity index (χ0n) is 11.8. The lowest BCUT2D eigenvalue weighted by Gasteiger charge is -2.27. The molecule has 1 aromatic carbocycles. The molecule has 1 aromatic heterocycles. The van der Waals surface area contributed by atoms with Gasteiger partial charge < -0.3 is 10.4 Å². The SMILES string of the molecule is O=[N+]([O-])c1cnc2ccc(Br)cc2c1N[C@H]1CC[C@H](O)CC1. The molecule has 1 fully saturated rings. The molecule has 116 valence electrons. The number of aliphatic hydroxyl groups excluding tert-OH is 1. The van der Waals surface area contributed by atoms with Crippen molar-refractivity contribution < 1.29 is 10.0 Å². The van der Waals surface area contributed by atoms with E-state index in [4.69, 9.17) is 0 Å². The first-order valence-electron chi connectivity index (χ1n) is 7.22. The fraction of sp³-hybridized carbons (Fsp3) is 0.400. The lowest BCUT2D eigenvalue weighted by Crippen LogP contribution is -2.28. The van der Waals surface area contributed by atoms with Gasteiger partial charge in [0.25, 0.3) is 0 Å². The molecule has 1 aliphatic rings. The van der Waals surface area contributed by atoms with Gasteiger partial charge in [-0.05, 0) is 43.9 Å². The molecule has 0 radical (unpaired) electrons. The molecule has 0 aliphatic heterocycles. The van der Waals surface area contributed by atoms with E-state index < -0.39 is 4.92 Å². The Bertz CT molecular complexity index is 714. The normalized spacial score (nSPS) is 21.7. The van der Waals surface area contributed by atoms with E-state index in [1.807, 2.05) is 18.2 Å². The molecular formula is C15H16BrN3O3. The third-order valence-electron chi connectivity index (χ3n) is 4.05. The summed E-state index contributed by atoms with van der Waals surface area (Å²) in [5.41, 5.74) is 1.21. The number of nitrogens with zero attached hydrogens (tertiary/aromatic N) is 2. The summed E-state index contributed by atoms with van der Waals surface area (Å²) < 4.78 is 0.851. The maximum Gasteiger partial charge on any atom is 0.311 e. The van der Waals surface area contributed by atoms with Gasteiger partial charge in [-0.3, -0.25) is 10.1 Å². The molecule has 1 heterocycles. The number of aromatic nitrogens is 1. The van der Waals surface area contributed by atoms with Crippen molar-refractivity contribution in [3.05, 3.63) is 39.0 Å². The van der Waals surface area contributed by atoms with E-state index in [9.17, 15) is 15.2 Å². The van der Waals surface area contributed by atoms with Crippen LogP contribution in [0.1, 0.15) is 25.7 Å². The predicted molar refractivity (Wildman–Crippen MR) is 88.0 cm³/mol. The van der Waals surface area contributed by atoms with Crippen LogP contribution in [0.4, 0.5) is 11.4 Å². The van der Waals surface area contributed by atoms with Crippen LogP contribution in [0.3, 0.4) is 0 Å². The standard InChI is InChI=1S/C15H16BrN3O3/c16-9-1-6-13-12(7-9)15(14(8-17-13)19(21)22)18-10-2-4-11(20)5-3-10/h1,6-8,10-11,20H,2-5H2,(H,17,18)/t10-,11-. The summed E-state index contributed by atoms with van der Waals surface area (Å²) in [6, 6.07) is 5.67. The number of hydrogen-bond acceptors (Lipinski definition) is 5. The molecule has 7 heteroatoms. The van der Waals surface area contributed by atoms with Crippen molar-refractivity contribution >= 4 is 38.2 Å². The molecule has 6 nitrogen and oxygen atoms in total. The number of halogens is 1. The Hall–Kier alpha value is -1.73. The largest absolute Gasteiger partial charge is 0.393 e. The highest BCUT2D eigenvalue weighted by atomic mass is 79.9. The summed E-state index contributed by atoms with van der Waals surface area (Å²) in [6.45, 7) is 0. The minimum absolute atomic E-state index is 0.0169. The van der Waals surface area contributed by atoms with Crippen LogP contribution in [0.25, 0.3) is 10.9 Å². The topological polar surface area (TPSA) is 88.3 Å². The summed E-state index contributed by atoms with van der Waals surface area (Å²) >= 11 is 3.40. The van der Waals surface area contributed by atoms with Crippen LogP contribution in [0.2, 0.25) is 0 Å². The summed E-state index contributed by atoms with van der Waals surface area (Å²) in [5, 5.41) is 24.9. The highest BCUT2D eigenvalue weighted by Crippen LogP contribution is 2.35. The number of hydrogen-bond donors (Lipinski definition) is 2. The van der Waals surface area contributed by atoms with Gasteiger partial charge in [-0.25, -0.2) is 4.98 Å². The second kappa shape index (κ2) is 6.18. The minimum Gasteiger partial charge on any atom is -0.393 e. The van der Waals surface area contributed by atoms with Crippen molar-refractivity contribution in [3.8, 4) is 0 Å². The van der Waals surface area contributed by atoms with E-state index in [2.05, 4.69) is 26.2 Å². The monoisotopic (exact) mass is 365 g/mol. The van der Waals surface area contributed by atoms with Crippen LogP contribution >= 0.6 is 15.9 Å². The van der Waals surface area contributed by atoms with E-state index >= 15 is 0 Å². The molecule has 3 rings (SSSR count). The van der Waals surface area contributed by atoms with Crippen LogP contribution in [-0.2, 0) is 0 Å². The number of aliphatic hydroxyl groups is 1. The number of benzene rings is 1. The molecule has 0 amide bonds. The van der Waals surface area contributed by atoms with Gasteiger partial charge in [0.05, 0.1) is 16.5 Å². The van der Waals surface area contributed by atoms with Crippen molar-refractivity contribution in [3.63, 3.8) is 0 Å². The minimum atomic E-state index is -0.409. The quantitative estimate of drug-likeness (QED) is 0.640. The first kappa shape index (κ1) is 15.2. The Balaban J connectivity index is 2.02. The van der Waals surface area contributed by atoms with Crippen LogP contribution in [0.5, 0.6) is 0 Å². The number of nitro groups is 1. The molecule has 0 atom stereocenters. The average Bonchev–Trinajstić information content (AvgIpc) is 2.49. The molecule has 22 heavy (non-hydrogen) atoms. The maximum atomic E-state index is 11.3. The zero-order chi connectivity index (χ0) is 15.7. The Labute approximate surface area is 135 Å². The van der Waals surface area contributed by atoms with Gasteiger partial charge in [0.1, 0.15) is 11.9 Å². The maximum absolute atomic E-state index is 11.3. The summed E-state index contributed by atoms with van der Waals surface area (Å²) in [7, 11) is 0. The molecule has 2 aromatic rings. The first-order chi connectivity index (χ1) is 10.5. The van der Waals surface area contributed by atoms with Crippen LogP contribution in [0.15, 0.2) is 28.9 Å². The number of anilines is 1. The highest BCUT2D eigenvalue weighted by molar-refractivity contribution is 9.10. The predicted octanol–water partition coefficient (Wildman–Crippen LogP) is 3.62. The van der Waals surface area contributed by atoms with E-state index in [0.29, 0.717) is 11.2 Å². The third-order valence-corrected chi connectivity index (χ3v) is 4.55. The number of rotatable bonds is 3. The molecular weight excluding hydrogens is 350 g/mol. The van der Waals surface area contributed by atoms with Crippen molar-refractivity contribution in [1.29, 1.82) is 0 Å². The Morgan fingerprint density at radius 2 is 2.05 bits per heavy atom. The average molecular weight is 366 g/mol. The van der Waals surface area contributed by atoms with E-state index in [0.717, 1.165) is 35.5 Å². The van der Waals surface area contributed by atoms with Crippen molar-refractivity contribution in [2.45, 2.75) is 37.8 Å². The van der Waals surface area contributed by atoms with Gasteiger partial charge in [-0.2, -0.15) is 0 Å². The Kier molecular flexibility index (Phi) is 4.26. The molecule has 1 aliphatic carbocycles. The fourth-order valence-electron chi connectivity index (χ4n) is 2.87. The molecule has 0 bridgehead atoms. The van der Waals surface area contributed by atoms with Gasteiger partial charge in [-0.15, -0.1) is 0 Å². The van der Waals surface area contributed by atoms with Gasteiger partial charge in [0, 0.05) is 15.9 Å². The molecule has 1 saturated carbocycles. The summed E-state index contributed by atoms with van der Waals surface area (Å²) in [6.07, 6.45) is 4.09. The molecule has 2 N–H and O–H groups in total. The second-order valence-electron chi connectivity index (χ2n) is 5.59. The second-order valence-corrected chi connectivity index (χ2v) is 6.50. The van der Waals surface area contributed by atoms with Gasteiger partial charge >= 0.3 is 5.69 Å². The van der Waals surface area contributed by atoms with Crippen LogP contribution in [0, 0.1) is 10.1 Å².